The topological polar surface area (TPSA) is 500 Å². The summed E-state index contributed by atoms with van der Waals surface area (Å²) in [6.07, 6.45) is 12.6. The number of anilines is 5. The fraction of sp³-hybridized carbons (Fsp3) is 0.200. The van der Waals surface area contributed by atoms with Gasteiger partial charge in [0.15, 0.2) is 57.0 Å². The Hall–Kier alpha value is -16.5. The van der Waals surface area contributed by atoms with Crippen molar-refractivity contribution in [1.82, 2.24) is 108 Å². The molecular formula is C90H84F3N28O9+. The van der Waals surface area contributed by atoms with Crippen LogP contribution in [0, 0.1) is 52.1 Å². The number of nitrogens with two attached hydrogens (primary N) is 5. The fourth-order valence-corrected chi connectivity index (χ4v) is 14.4. The van der Waals surface area contributed by atoms with Gasteiger partial charge in [0.05, 0.1) is 62.4 Å². The van der Waals surface area contributed by atoms with E-state index in [0.717, 1.165) is 97.3 Å². The molecule has 0 aliphatic carbocycles. The number of hydrogen-bond donors (Lipinski definition) is 7. The highest BCUT2D eigenvalue weighted by molar-refractivity contribution is 5.65. The molecule has 21 rings (SSSR count). The maximum absolute atomic E-state index is 13.9. The van der Waals surface area contributed by atoms with E-state index in [0.29, 0.717) is 160 Å². The van der Waals surface area contributed by atoms with Crippen molar-refractivity contribution < 1.29 is 59.8 Å². The molecule has 0 bridgehead atoms. The Kier molecular flexibility index (Phi) is 24.6. The Balaban J connectivity index is 0.000000114. The van der Waals surface area contributed by atoms with E-state index in [4.69, 9.17) is 60.2 Å². The molecule has 1 saturated heterocycles. The summed E-state index contributed by atoms with van der Waals surface area (Å²) >= 11 is 0. The van der Waals surface area contributed by atoms with Gasteiger partial charge in [-0.05, 0) is 168 Å². The summed E-state index contributed by atoms with van der Waals surface area (Å²) in [6, 6.07) is 45.2. The highest BCUT2D eigenvalue weighted by atomic mass is 19.1. The number of nitrogens with zero attached hydrogens (tertiary/aromatic N) is 23. The lowest BCUT2D eigenvalue weighted by molar-refractivity contribution is -0.915. The number of halogens is 3. The van der Waals surface area contributed by atoms with Gasteiger partial charge in [0.2, 0.25) is 64.6 Å². The molecule has 18 aromatic heterocycles. The van der Waals surface area contributed by atoms with Crippen LogP contribution < -0.4 is 33.4 Å². The van der Waals surface area contributed by atoms with E-state index >= 15 is 0 Å². The number of nitrogen functional groups attached to an aromatic ring is 5. The van der Waals surface area contributed by atoms with E-state index in [1.54, 1.807) is 79.4 Å². The van der Waals surface area contributed by atoms with E-state index in [-0.39, 0.29) is 54.7 Å². The van der Waals surface area contributed by atoms with Crippen LogP contribution in [0.25, 0.3) is 86.2 Å². The predicted octanol–water partition coefficient (Wildman–Crippen LogP) is 12.4. The first-order valence-corrected chi connectivity index (χ1v) is 40.9. The lowest BCUT2D eigenvalue weighted by Gasteiger charge is -2.08. The first kappa shape index (κ1) is 85.7. The minimum Gasteiger partial charge on any atom is -0.458 e. The zero-order valence-electron chi connectivity index (χ0n) is 70.8. The van der Waals surface area contributed by atoms with Gasteiger partial charge in [-0.1, -0.05) is 37.3 Å². The van der Waals surface area contributed by atoms with Crippen LogP contribution in [0.15, 0.2) is 211 Å². The number of aliphatic hydroxyl groups is 1. The van der Waals surface area contributed by atoms with Crippen molar-refractivity contribution >= 4 is 58.0 Å². The second kappa shape index (κ2) is 37.4. The largest absolute Gasteiger partial charge is 0.458 e. The lowest BCUT2D eigenvalue weighted by Crippen LogP contribution is -2.40. The third kappa shape index (κ3) is 19.2. The molecule has 1 aliphatic heterocycles. The van der Waals surface area contributed by atoms with Gasteiger partial charge in [-0.2, -0.15) is 97.9 Å². The van der Waals surface area contributed by atoms with Crippen molar-refractivity contribution in [3.8, 4) is 57.9 Å². The molecule has 0 spiro atoms. The highest BCUT2D eigenvalue weighted by Gasteiger charge is 2.27. The van der Waals surface area contributed by atoms with Crippen LogP contribution in [0.2, 0.25) is 0 Å². The summed E-state index contributed by atoms with van der Waals surface area (Å²) in [4.78, 5) is 51.8. The molecule has 20 aromatic rings. The molecule has 1 atom stereocenters. The summed E-state index contributed by atoms with van der Waals surface area (Å²) in [6.45, 7) is 12.9. The third-order valence-electron chi connectivity index (χ3n) is 20.6. The molecule has 130 heavy (non-hydrogen) atoms. The molecule has 0 amide bonds. The molecule has 19 heterocycles. The van der Waals surface area contributed by atoms with Gasteiger partial charge in [0.1, 0.15) is 52.9 Å². The normalized spacial score (nSPS) is 12.5. The van der Waals surface area contributed by atoms with Crippen LogP contribution in [0.1, 0.15) is 115 Å². The SMILES string of the molecule is CCc1cccc(Cc2cnn3c(-c4ccc(C)o4)nc(N)nc23)n1.Cc1ccc(-c2nc(N)nc3c(Cc4ccc(F)cc4)cnn23)o1.Cc1ccc(-c2nc(N)nc3c(Cc4ccc(F)cc4F)cnn23)o1.Cc1ccc(-c2nc(N)nc3c(Cc4cccc(CO)n4)cnn23)o1.Cc1ccc(-c2nc(N)nc3c(Cc4cccc(CO[C@H]5CCOC5)[n+]4O)cnn23)o1. The minimum absolute atomic E-state index is 0.0536. The number of aryl methyl sites for hydroxylation is 6. The van der Waals surface area contributed by atoms with Crippen LogP contribution in [0.5, 0.6) is 0 Å². The monoisotopic (exact) mass is 1760 g/mol. The van der Waals surface area contributed by atoms with Crippen LogP contribution in [0.3, 0.4) is 0 Å². The van der Waals surface area contributed by atoms with Gasteiger partial charge in [-0.3, -0.25) is 15.2 Å². The molecule has 0 unspecified atom stereocenters. The maximum atomic E-state index is 13.9. The van der Waals surface area contributed by atoms with E-state index < -0.39 is 11.6 Å². The smallest absolute Gasteiger partial charge is 0.259 e. The quantitative estimate of drug-likeness (QED) is 0.0275. The first-order chi connectivity index (χ1) is 63.0. The molecule has 658 valence electrons. The van der Waals surface area contributed by atoms with E-state index in [1.165, 1.54) is 28.8 Å². The summed E-state index contributed by atoms with van der Waals surface area (Å²) < 4.78 is 88.6. The van der Waals surface area contributed by atoms with Crippen molar-refractivity contribution in [3.63, 3.8) is 0 Å². The average molecular weight is 1760 g/mol. The number of hydrogen-bond acceptors (Lipinski definition) is 31. The number of ether oxygens (including phenoxy) is 2. The van der Waals surface area contributed by atoms with Crippen molar-refractivity contribution in [2.45, 2.75) is 106 Å². The number of rotatable bonds is 20. The Morgan fingerprint density at radius 3 is 1.11 bits per heavy atom. The molecule has 40 heteroatoms. The van der Waals surface area contributed by atoms with Crippen LogP contribution in [0.4, 0.5) is 42.9 Å². The second-order valence-corrected chi connectivity index (χ2v) is 30.2. The van der Waals surface area contributed by atoms with Gasteiger partial charge in [-0.25, -0.2) is 13.2 Å². The lowest BCUT2D eigenvalue weighted by atomic mass is 10.1. The van der Waals surface area contributed by atoms with Gasteiger partial charge in [0.25, 0.3) is 5.69 Å². The molecule has 0 saturated carbocycles. The second-order valence-electron chi connectivity index (χ2n) is 30.2. The standard InChI is InChI=1S/C21H23N6O4.C18H18N6O.C17H13F2N5O.C17H14FN5O.C17H16N6O2/c1-13-5-6-18(31-13)20-25-21(22)24-19-14(10-23-26(19)20)9-15-3-2-4-16(27(15)28)11-30-17-7-8-29-12-17;1-3-13-5-4-6-14(21-13)9-12-10-20-24-16(12)22-18(19)23-17(24)15-8-7-11(2)25-15;1-9-2-5-14(25-9)16-23-17(20)22-15-11(8-21-24(15)16)6-10-3-4-12(18)7-13(10)19;1-10-2-7-14(24-10)16-22-17(19)21-15-12(9-20-23(15)16)8-11-3-5-13(18)6-4-11;1-10-5-6-14(25-10)16-22-17(18)21-15-11(8-19-23(15)16)7-12-3-2-4-13(9-24)20-12/h2-6,10,17,28H,7-9,11-12H2,1H3,(H2,22,24);4-8,10H,3,9H2,1-2H3,(H2,19,22);2-5,7-8H,6H2,1H3,(H2,20,22);2-7,9H,8H2,1H3,(H2,19,21);2-6,8,24H,7,9H2,1H3,(H2,18,21)/q+1;;;;/t17-;;;;/m0..../s1. The van der Waals surface area contributed by atoms with Gasteiger partial charge < -0.3 is 65.3 Å². The maximum Gasteiger partial charge on any atom is 0.259 e. The Morgan fingerprint density at radius 1 is 0.385 bits per heavy atom. The molecule has 2 aromatic carbocycles. The van der Waals surface area contributed by atoms with Crippen molar-refractivity contribution in [1.29, 1.82) is 0 Å². The average Bonchev–Trinajstić information content (AvgIpc) is 1.63. The van der Waals surface area contributed by atoms with E-state index in [2.05, 4.69) is 92.2 Å². The number of aromatic nitrogens is 23. The van der Waals surface area contributed by atoms with Gasteiger partial charge in [-0.15, -0.1) is 0 Å². The van der Waals surface area contributed by atoms with Crippen LogP contribution >= 0.6 is 0 Å². The molecule has 12 N–H and O–H groups in total. The zero-order valence-corrected chi connectivity index (χ0v) is 70.8. The van der Waals surface area contributed by atoms with Crippen molar-refractivity contribution in [2.75, 3.05) is 41.9 Å². The van der Waals surface area contributed by atoms with Gasteiger partial charge >= 0.3 is 0 Å². The van der Waals surface area contributed by atoms with Crippen molar-refractivity contribution in [2.24, 2.45) is 0 Å². The predicted molar refractivity (Wildman–Crippen MR) is 467 cm³/mol. The molecule has 1 aliphatic rings. The van der Waals surface area contributed by atoms with E-state index in [1.807, 2.05) is 132 Å². The number of aliphatic hydroxyl groups excluding tert-OH is 1. The Bertz CT molecular complexity index is 7300. The van der Waals surface area contributed by atoms with Crippen molar-refractivity contribution in [3.05, 3.63) is 308 Å². The number of pyridine rings is 3. The summed E-state index contributed by atoms with van der Waals surface area (Å²) in [5.74, 6) is 8.20. The van der Waals surface area contributed by atoms with Gasteiger partial charge in [0, 0.05) is 100 Å². The first-order valence-electron chi connectivity index (χ1n) is 40.9. The number of furan rings is 5. The summed E-state index contributed by atoms with van der Waals surface area (Å²) in [5, 5.41) is 41.8. The van der Waals surface area contributed by atoms with E-state index in [9.17, 15) is 23.5 Å². The fourth-order valence-electron chi connectivity index (χ4n) is 14.4. The molecule has 1 fully saturated rings. The Morgan fingerprint density at radius 2 is 0.738 bits per heavy atom. The minimum atomic E-state index is -0.622. The zero-order chi connectivity index (χ0) is 90.4. The summed E-state index contributed by atoms with van der Waals surface area (Å²) in [5.41, 5.74) is 42.5. The third-order valence-corrected chi connectivity index (χ3v) is 20.6. The molecular weight excluding hydrogens is 1670 g/mol. The highest BCUT2D eigenvalue weighted by Crippen LogP contribution is 2.31. The van der Waals surface area contributed by atoms with Crippen LogP contribution in [-0.4, -0.2) is 138 Å². The number of benzene rings is 2. The van der Waals surface area contributed by atoms with Crippen LogP contribution in [-0.2, 0) is 61.2 Å². The molecule has 0 radical (unpaired) electrons. The molecule has 37 nitrogen and oxygen atoms in total. The number of fused-ring (bicyclic) bond motifs is 5. The summed E-state index contributed by atoms with van der Waals surface area (Å²) in [7, 11) is 0. The Labute approximate surface area is 735 Å².